The van der Waals surface area contributed by atoms with Gasteiger partial charge in [-0.2, -0.15) is 5.10 Å². The van der Waals surface area contributed by atoms with E-state index >= 15 is 0 Å². The van der Waals surface area contributed by atoms with Crippen LogP contribution < -0.4 is 5.73 Å². The number of hydrogen-bond acceptors (Lipinski definition) is 2. The van der Waals surface area contributed by atoms with E-state index in [2.05, 4.69) is 21.0 Å². The molecule has 1 heterocycles. The molecule has 0 saturated heterocycles. The molecule has 0 unspecified atom stereocenters. The largest absolute Gasteiger partial charge is 0.325 e. The van der Waals surface area contributed by atoms with Crippen molar-refractivity contribution in [2.24, 2.45) is 12.8 Å². The summed E-state index contributed by atoms with van der Waals surface area (Å²) in [7, 11) is 1.89. The van der Waals surface area contributed by atoms with E-state index in [9.17, 15) is 0 Å². The topological polar surface area (TPSA) is 43.8 Å². The van der Waals surface area contributed by atoms with Gasteiger partial charge >= 0.3 is 0 Å². The summed E-state index contributed by atoms with van der Waals surface area (Å²) in [6.07, 6.45) is 0. The Morgan fingerprint density at radius 1 is 1.64 bits per heavy atom. The molecule has 0 radical (unpaired) electrons. The molecule has 1 aromatic rings. The fourth-order valence-electron chi connectivity index (χ4n) is 0.856. The minimum atomic E-state index is 0. The second kappa shape index (κ2) is 4.09. The standard InChI is InChI=1S/C6H10BrN3.ClH/c1-4-5(3-8)9-10(2)6(4)7;/h3,8H2,1-2H3;1H. The van der Waals surface area contributed by atoms with Crippen LogP contribution in [0.3, 0.4) is 0 Å². The van der Waals surface area contributed by atoms with Crippen LogP contribution in [0.1, 0.15) is 11.3 Å². The quantitative estimate of drug-likeness (QED) is 0.806. The number of aromatic nitrogens is 2. The maximum Gasteiger partial charge on any atom is 0.106 e. The predicted octanol–water partition coefficient (Wildman–Crippen LogP) is 1.37. The SMILES string of the molecule is Cc1c(CN)nn(C)c1Br.Cl. The van der Waals surface area contributed by atoms with E-state index in [0.717, 1.165) is 15.9 Å². The molecule has 5 heteroatoms. The molecule has 1 aromatic heterocycles. The molecule has 0 aliphatic rings. The van der Waals surface area contributed by atoms with Gasteiger partial charge in [-0.15, -0.1) is 12.4 Å². The predicted molar refractivity (Wildman–Crippen MR) is 50.8 cm³/mol. The highest BCUT2D eigenvalue weighted by Crippen LogP contribution is 2.17. The van der Waals surface area contributed by atoms with Crippen molar-refractivity contribution in [1.82, 2.24) is 9.78 Å². The highest BCUT2D eigenvalue weighted by atomic mass is 79.9. The van der Waals surface area contributed by atoms with Gasteiger partial charge in [0, 0.05) is 19.2 Å². The summed E-state index contributed by atoms with van der Waals surface area (Å²) in [5.41, 5.74) is 7.52. The van der Waals surface area contributed by atoms with Crippen LogP contribution in [0.5, 0.6) is 0 Å². The zero-order valence-corrected chi connectivity index (χ0v) is 8.87. The van der Waals surface area contributed by atoms with Crippen LogP contribution in [0, 0.1) is 6.92 Å². The van der Waals surface area contributed by atoms with E-state index in [1.165, 1.54) is 0 Å². The Balaban J connectivity index is 0.000001000. The number of halogens is 2. The molecular formula is C6H11BrClN3. The molecule has 0 bridgehead atoms. The minimum Gasteiger partial charge on any atom is -0.325 e. The average molecular weight is 241 g/mol. The van der Waals surface area contributed by atoms with Crippen molar-refractivity contribution in [3.8, 4) is 0 Å². The van der Waals surface area contributed by atoms with Gasteiger partial charge in [0.15, 0.2) is 0 Å². The van der Waals surface area contributed by atoms with E-state index < -0.39 is 0 Å². The first-order chi connectivity index (χ1) is 4.66. The molecule has 3 nitrogen and oxygen atoms in total. The second-order valence-corrected chi connectivity index (χ2v) is 2.94. The third-order valence-electron chi connectivity index (χ3n) is 1.49. The van der Waals surface area contributed by atoms with Crippen LogP contribution >= 0.6 is 28.3 Å². The first-order valence-electron chi connectivity index (χ1n) is 3.05. The Bertz CT molecular complexity index is 246. The first kappa shape index (κ1) is 10.9. The molecule has 0 amide bonds. The maximum absolute atomic E-state index is 5.44. The summed E-state index contributed by atoms with van der Waals surface area (Å²) in [5, 5.41) is 4.17. The summed E-state index contributed by atoms with van der Waals surface area (Å²) in [5.74, 6) is 0. The van der Waals surface area contributed by atoms with Gasteiger partial charge in [0.2, 0.25) is 0 Å². The second-order valence-electron chi connectivity index (χ2n) is 2.19. The van der Waals surface area contributed by atoms with Gasteiger partial charge in [-0.25, -0.2) is 0 Å². The van der Waals surface area contributed by atoms with Gasteiger partial charge in [0.05, 0.1) is 5.69 Å². The van der Waals surface area contributed by atoms with Crippen LogP contribution in [-0.4, -0.2) is 9.78 Å². The Labute approximate surface area is 80.5 Å². The number of nitrogens with zero attached hydrogens (tertiary/aromatic N) is 2. The molecule has 0 saturated carbocycles. The lowest BCUT2D eigenvalue weighted by atomic mass is 10.3. The zero-order valence-electron chi connectivity index (χ0n) is 6.47. The lowest BCUT2D eigenvalue weighted by Gasteiger charge is -1.88. The van der Waals surface area contributed by atoms with Crippen molar-refractivity contribution in [2.75, 3.05) is 0 Å². The summed E-state index contributed by atoms with van der Waals surface area (Å²) in [4.78, 5) is 0. The van der Waals surface area contributed by atoms with Gasteiger partial charge in [-0.3, -0.25) is 4.68 Å². The maximum atomic E-state index is 5.44. The molecule has 0 aliphatic carbocycles. The molecular weight excluding hydrogens is 229 g/mol. The molecule has 0 fully saturated rings. The molecule has 0 atom stereocenters. The van der Waals surface area contributed by atoms with Crippen molar-refractivity contribution in [1.29, 1.82) is 0 Å². The average Bonchev–Trinajstić information content (AvgIpc) is 2.17. The lowest BCUT2D eigenvalue weighted by molar-refractivity contribution is 0.728. The summed E-state index contributed by atoms with van der Waals surface area (Å²) < 4.78 is 2.78. The van der Waals surface area contributed by atoms with Gasteiger partial charge in [-0.1, -0.05) is 0 Å². The van der Waals surface area contributed by atoms with Crippen LogP contribution in [0.25, 0.3) is 0 Å². The highest BCUT2D eigenvalue weighted by Gasteiger charge is 2.06. The number of rotatable bonds is 1. The summed E-state index contributed by atoms with van der Waals surface area (Å²) in [6, 6.07) is 0. The minimum absolute atomic E-state index is 0. The summed E-state index contributed by atoms with van der Waals surface area (Å²) >= 11 is 3.39. The molecule has 2 N–H and O–H groups in total. The Morgan fingerprint density at radius 3 is 2.36 bits per heavy atom. The van der Waals surface area contributed by atoms with Crippen molar-refractivity contribution >= 4 is 28.3 Å². The van der Waals surface area contributed by atoms with Gasteiger partial charge in [0.1, 0.15) is 4.60 Å². The van der Waals surface area contributed by atoms with Gasteiger partial charge in [0.25, 0.3) is 0 Å². The third kappa shape index (κ3) is 1.95. The van der Waals surface area contributed by atoms with Crippen LogP contribution in [0.2, 0.25) is 0 Å². The normalized spacial score (nSPS) is 9.45. The van der Waals surface area contributed by atoms with E-state index in [1.807, 2.05) is 14.0 Å². The van der Waals surface area contributed by atoms with Crippen molar-refractivity contribution in [3.63, 3.8) is 0 Å². The Kier molecular flexibility index (Phi) is 4.07. The Morgan fingerprint density at radius 2 is 2.18 bits per heavy atom. The molecule has 1 rings (SSSR count). The first-order valence-corrected chi connectivity index (χ1v) is 3.84. The lowest BCUT2D eigenvalue weighted by Crippen LogP contribution is -1.99. The van der Waals surface area contributed by atoms with Gasteiger partial charge in [-0.05, 0) is 22.9 Å². The molecule has 64 valence electrons. The zero-order chi connectivity index (χ0) is 7.72. The van der Waals surface area contributed by atoms with Crippen molar-refractivity contribution < 1.29 is 0 Å². The summed E-state index contributed by atoms with van der Waals surface area (Å²) in [6.45, 7) is 2.50. The monoisotopic (exact) mass is 239 g/mol. The fourth-order valence-corrected chi connectivity index (χ4v) is 1.16. The van der Waals surface area contributed by atoms with Crippen LogP contribution in [0.15, 0.2) is 4.60 Å². The number of aryl methyl sites for hydroxylation is 1. The number of nitrogens with two attached hydrogens (primary N) is 1. The van der Waals surface area contributed by atoms with Gasteiger partial charge < -0.3 is 5.73 Å². The van der Waals surface area contributed by atoms with Crippen LogP contribution in [-0.2, 0) is 13.6 Å². The fraction of sp³-hybridized carbons (Fsp3) is 0.500. The highest BCUT2D eigenvalue weighted by molar-refractivity contribution is 9.10. The Hall–Kier alpha value is -0.0600. The third-order valence-corrected chi connectivity index (χ3v) is 2.60. The van der Waals surface area contributed by atoms with E-state index in [-0.39, 0.29) is 12.4 Å². The molecule has 11 heavy (non-hydrogen) atoms. The van der Waals surface area contributed by atoms with Crippen molar-refractivity contribution in [3.05, 3.63) is 15.9 Å². The number of hydrogen-bond donors (Lipinski definition) is 1. The van der Waals surface area contributed by atoms with Crippen LogP contribution in [0.4, 0.5) is 0 Å². The molecule has 0 aromatic carbocycles. The van der Waals surface area contributed by atoms with E-state index in [4.69, 9.17) is 5.73 Å². The molecule has 0 aliphatic heterocycles. The molecule has 0 spiro atoms. The van der Waals surface area contributed by atoms with E-state index in [1.54, 1.807) is 4.68 Å². The van der Waals surface area contributed by atoms with E-state index in [0.29, 0.717) is 6.54 Å². The smallest absolute Gasteiger partial charge is 0.106 e. The van der Waals surface area contributed by atoms with Crippen molar-refractivity contribution in [2.45, 2.75) is 13.5 Å².